The Bertz CT molecular complexity index is 1320. The first-order valence-corrected chi connectivity index (χ1v) is 12.8. The molecule has 2 aromatic rings. The first kappa shape index (κ1) is 25.9. The number of alkyl halides is 3. The molecule has 0 bridgehead atoms. The van der Waals surface area contributed by atoms with Crippen molar-refractivity contribution in [2.45, 2.75) is 41.9 Å². The van der Waals surface area contributed by atoms with Crippen molar-refractivity contribution in [2.24, 2.45) is 0 Å². The lowest BCUT2D eigenvalue weighted by Gasteiger charge is -2.50. The van der Waals surface area contributed by atoms with Gasteiger partial charge in [-0.05, 0) is 35.7 Å². The van der Waals surface area contributed by atoms with Crippen molar-refractivity contribution in [2.75, 3.05) is 13.3 Å². The Balaban J connectivity index is 1.76. The SMILES string of the molecule is C[C@@H](N1CN([C@@H]2c3ccccc3SCc3c(Cl)cccc32)N2C=C(CO)C(O)C(O)=C2C1=O)C(F)(F)F. The highest BCUT2D eigenvalue weighted by Crippen LogP contribution is 2.47. The van der Waals surface area contributed by atoms with Crippen LogP contribution in [0.4, 0.5) is 13.2 Å². The number of carbonyl (C=O) groups excluding carboxylic acids is 1. The van der Waals surface area contributed by atoms with Crippen LogP contribution in [0.2, 0.25) is 5.02 Å². The van der Waals surface area contributed by atoms with Crippen LogP contribution in [0.3, 0.4) is 0 Å². The zero-order valence-electron chi connectivity index (χ0n) is 19.5. The minimum atomic E-state index is -4.74. The summed E-state index contributed by atoms with van der Waals surface area (Å²) >= 11 is 8.10. The number of thioether (sulfide) groups is 1. The molecule has 7 nitrogen and oxygen atoms in total. The van der Waals surface area contributed by atoms with Crippen molar-refractivity contribution < 1.29 is 33.3 Å². The molecule has 1 amide bonds. The van der Waals surface area contributed by atoms with Gasteiger partial charge in [-0.3, -0.25) is 9.80 Å². The van der Waals surface area contributed by atoms with Gasteiger partial charge in [0.2, 0.25) is 0 Å². The van der Waals surface area contributed by atoms with E-state index >= 15 is 0 Å². The smallest absolute Gasteiger partial charge is 0.408 e. The Kier molecular flexibility index (Phi) is 6.70. The molecule has 0 aromatic heterocycles. The topological polar surface area (TPSA) is 87.5 Å². The molecule has 0 aliphatic carbocycles. The van der Waals surface area contributed by atoms with Crippen LogP contribution in [-0.2, 0) is 10.5 Å². The number of aliphatic hydroxyl groups is 3. The summed E-state index contributed by atoms with van der Waals surface area (Å²) in [5.41, 5.74) is 1.76. The minimum Gasteiger partial charge on any atom is -0.507 e. The fourth-order valence-electron chi connectivity index (χ4n) is 4.82. The molecule has 196 valence electrons. The van der Waals surface area contributed by atoms with Crippen LogP contribution in [0.5, 0.6) is 0 Å². The van der Waals surface area contributed by atoms with E-state index < -0.39 is 55.0 Å². The Labute approximate surface area is 220 Å². The molecule has 3 N–H and O–H groups in total. The number of amides is 1. The molecule has 3 aliphatic heterocycles. The summed E-state index contributed by atoms with van der Waals surface area (Å²) in [6, 6.07) is 9.86. The number of carbonyl (C=O) groups is 1. The van der Waals surface area contributed by atoms with Crippen LogP contribution in [0.1, 0.15) is 29.7 Å². The lowest BCUT2D eigenvalue weighted by atomic mass is 9.93. The van der Waals surface area contributed by atoms with Crippen molar-refractivity contribution in [3.05, 3.63) is 87.4 Å². The maximum absolute atomic E-state index is 13.9. The number of benzene rings is 2. The van der Waals surface area contributed by atoms with Crippen molar-refractivity contribution in [1.29, 1.82) is 0 Å². The van der Waals surface area contributed by atoms with Crippen LogP contribution < -0.4 is 0 Å². The molecule has 12 heteroatoms. The highest BCUT2D eigenvalue weighted by Gasteiger charge is 2.51. The zero-order chi connectivity index (χ0) is 26.6. The normalized spacial score (nSPS) is 23.2. The van der Waals surface area contributed by atoms with Gasteiger partial charge in [-0.2, -0.15) is 18.2 Å². The number of nitrogens with zero attached hydrogens (tertiary/aromatic N) is 3. The molecule has 3 atom stereocenters. The maximum Gasteiger partial charge on any atom is 0.408 e. The van der Waals surface area contributed by atoms with Gasteiger partial charge in [-0.25, -0.2) is 0 Å². The summed E-state index contributed by atoms with van der Waals surface area (Å²) in [6.45, 7) is -0.254. The van der Waals surface area contributed by atoms with E-state index in [-0.39, 0.29) is 5.57 Å². The molecule has 5 rings (SSSR count). The molecule has 37 heavy (non-hydrogen) atoms. The lowest BCUT2D eigenvalue weighted by Crippen LogP contribution is -2.63. The number of hydrogen-bond donors (Lipinski definition) is 3. The second-order valence-corrected chi connectivity index (χ2v) is 10.4. The largest absolute Gasteiger partial charge is 0.507 e. The maximum atomic E-state index is 13.9. The Morgan fingerprint density at radius 2 is 1.86 bits per heavy atom. The standard InChI is InChI=1S/C25H23ClF3N3O4S/c1-13(25(27,28)29)30-12-32(31-9-14(10-33)22(34)23(35)21(31)24(30)36)20-15-6-4-7-18(26)17(15)11-37-19-8-3-2-5-16(19)20/h2-9,13,20,22,33-35H,10-12H2,1H3/t13-,20+,22?/m1/s1. The van der Waals surface area contributed by atoms with E-state index in [0.29, 0.717) is 15.7 Å². The monoisotopic (exact) mass is 553 g/mol. The fourth-order valence-corrected chi connectivity index (χ4v) is 6.29. The third kappa shape index (κ3) is 4.28. The summed E-state index contributed by atoms with van der Waals surface area (Å²) in [5, 5.41) is 34.4. The number of rotatable bonds is 3. The van der Waals surface area contributed by atoms with Crippen LogP contribution in [0.25, 0.3) is 0 Å². The quantitative estimate of drug-likeness (QED) is 0.522. The van der Waals surface area contributed by atoms with Crippen molar-refractivity contribution in [3.8, 4) is 0 Å². The molecule has 2 aromatic carbocycles. The zero-order valence-corrected chi connectivity index (χ0v) is 21.1. The molecule has 1 saturated heterocycles. The molecule has 0 radical (unpaired) electrons. The Morgan fingerprint density at radius 3 is 2.57 bits per heavy atom. The van der Waals surface area contributed by atoms with E-state index in [4.69, 9.17) is 11.6 Å². The molecule has 1 fully saturated rings. The predicted molar refractivity (Wildman–Crippen MR) is 131 cm³/mol. The summed E-state index contributed by atoms with van der Waals surface area (Å²) in [7, 11) is 0. The van der Waals surface area contributed by atoms with Gasteiger partial charge in [0, 0.05) is 27.4 Å². The molecular formula is C25H23ClF3N3O4S. The van der Waals surface area contributed by atoms with E-state index in [9.17, 15) is 33.3 Å². The molecule has 0 saturated carbocycles. The fraction of sp³-hybridized carbons (Fsp3) is 0.320. The molecule has 1 unspecified atom stereocenters. The highest BCUT2D eigenvalue weighted by atomic mass is 35.5. The third-order valence-electron chi connectivity index (χ3n) is 6.86. The number of fused-ring (bicyclic) bond motifs is 3. The van der Waals surface area contributed by atoms with Crippen LogP contribution in [0, 0.1) is 0 Å². The molecule has 3 aliphatic rings. The summed E-state index contributed by atoms with van der Waals surface area (Å²) in [6.07, 6.45) is -5.18. The summed E-state index contributed by atoms with van der Waals surface area (Å²) in [5.74, 6) is -1.40. The van der Waals surface area contributed by atoms with Crippen molar-refractivity contribution in [3.63, 3.8) is 0 Å². The predicted octanol–water partition coefficient (Wildman–Crippen LogP) is 4.32. The van der Waals surface area contributed by atoms with E-state index in [2.05, 4.69) is 0 Å². The van der Waals surface area contributed by atoms with Gasteiger partial charge in [0.15, 0.2) is 11.5 Å². The van der Waals surface area contributed by atoms with Gasteiger partial charge in [-0.1, -0.05) is 41.9 Å². The Hall–Kier alpha value is -2.70. The van der Waals surface area contributed by atoms with Gasteiger partial charge >= 0.3 is 6.18 Å². The third-order valence-corrected chi connectivity index (χ3v) is 8.33. The van der Waals surface area contributed by atoms with Crippen LogP contribution in [0.15, 0.2) is 70.6 Å². The van der Waals surface area contributed by atoms with Gasteiger partial charge in [0.1, 0.15) is 12.1 Å². The van der Waals surface area contributed by atoms with E-state index in [1.807, 2.05) is 30.3 Å². The van der Waals surface area contributed by atoms with Gasteiger partial charge in [-0.15, -0.1) is 11.8 Å². The van der Waals surface area contributed by atoms with Crippen molar-refractivity contribution in [1.82, 2.24) is 14.9 Å². The Morgan fingerprint density at radius 1 is 1.16 bits per heavy atom. The highest BCUT2D eigenvalue weighted by molar-refractivity contribution is 7.98. The number of hydrazine groups is 1. The van der Waals surface area contributed by atoms with Crippen LogP contribution >= 0.6 is 23.4 Å². The second kappa shape index (κ2) is 9.55. The average Bonchev–Trinajstić information content (AvgIpc) is 3.03. The summed E-state index contributed by atoms with van der Waals surface area (Å²) < 4.78 is 41.6. The molecule has 0 spiro atoms. The van der Waals surface area contributed by atoms with Gasteiger partial charge in [0.25, 0.3) is 5.91 Å². The average molecular weight is 554 g/mol. The first-order valence-electron chi connectivity index (χ1n) is 11.4. The van der Waals surface area contributed by atoms with Gasteiger partial charge < -0.3 is 20.2 Å². The van der Waals surface area contributed by atoms with E-state index in [1.54, 1.807) is 12.1 Å². The summed E-state index contributed by atoms with van der Waals surface area (Å²) in [4.78, 5) is 14.9. The lowest BCUT2D eigenvalue weighted by molar-refractivity contribution is -0.204. The van der Waals surface area contributed by atoms with Gasteiger partial charge in [0.05, 0.1) is 19.3 Å². The second-order valence-electron chi connectivity index (χ2n) is 8.95. The van der Waals surface area contributed by atoms with Crippen molar-refractivity contribution >= 4 is 29.3 Å². The number of hydrogen-bond acceptors (Lipinski definition) is 7. The van der Waals surface area contributed by atoms with E-state index in [1.165, 1.54) is 28.0 Å². The first-order chi connectivity index (χ1) is 17.5. The number of halogens is 4. The number of aliphatic hydroxyl groups excluding tert-OH is 3. The minimum absolute atomic E-state index is 0.0148. The van der Waals surface area contributed by atoms with E-state index in [0.717, 1.165) is 28.5 Å². The molecule has 3 heterocycles. The molecular weight excluding hydrogens is 531 g/mol. The van der Waals surface area contributed by atoms with Crippen LogP contribution in [-0.4, -0.2) is 67.7 Å².